The lowest BCUT2D eigenvalue weighted by Gasteiger charge is -2.18. The van der Waals surface area contributed by atoms with Crippen LogP contribution in [-0.4, -0.2) is 22.6 Å². The fourth-order valence-electron chi connectivity index (χ4n) is 2.33. The normalized spacial score (nSPS) is 24.9. The second-order valence-electron chi connectivity index (χ2n) is 5.18. The summed E-state index contributed by atoms with van der Waals surface area (Å²) < 4.78 is 2.21. The predicted molar refractivity (Wildman–Crippen MR) is 69.6 cm³/mol. The zero-order valence-electron chi connectivity index (χ0n) is 10.9. The van der Waals surface area contributed by atoms with E-state index in [1.54, 1.807) is 0 Å². The Labute approximate surface area is 104 Å². The zero-order chi connectivity index (χ0) is 12.3. The Balaban J connectivity index is 1.93. The van der Waals surface area contributed by atoms with E-state index in [1.165, 1.54) is 12.1 Å². The van der Waals surface area contributed by atoms with Crippen LogP contribution >= 0.6 is 0 Å². The molecule has 1 saturated carbocycles. The average Bonchev–Trinajstić information content (AvgIpc) is 2.84. The Hall–Kier alpha value is -0.870. The summed E-state index contributed by atoms with van der Waals surface area (Å²) in [7, 11) is 0. The molecule has 17 heavy (non-hydrogen) atoms. The fourth-order valence-corrected chi connectivity index (χ4v) is 2.33. The fraction of sp³-hybridized carbons (Fsp3) is 0.769. The van der Waals surface area contributed by atoms with Crippen LogP contribution in [0.1, 0.15) is 38.4 Å². The van der Waals surface area contributed by atoms with Crippen LogP contribution < -0.4 is 11.1 Å². The molecule has 0 spiro atoms. The van der Waals surface area contributed by atoms with E-state index >= 15 is 0 Å². The average molecular weight is 236 g/mol. The number of rotatable bonds is 7. The standard InChI is InChI=1S/C13H24N4/c1-3-4-17-9-15-8-13(17)12(6-14)16-7-11-5-10(11)2/h8-12,16H,3-7,14H2,1-2H3. The van der Waals surface area contributed by atoms with Crippen LogP contribution in [0.5, 0.6) is 0 Å². The van der Waals surface area contributed by atoms with Gasteiger partial charge in [-0.05, 0) is 31.2 Å². The van der Waals surface area contributed by atoms with Crippen molar-refractivity contribution < 1.29 is 0 Å². The van der Waals surface area contributed by atoms with Crippen LogP contribution in [0.4, 0.5) is 0 Å². The maximum Gasteiger partial charge on any atom is 0.0948 e. The molecule has 0 saturated heterocycles. The minimum atomic E-state index is 0.247. The van der Waals surface area contributed by atoms with E-state index in [2.05, 4.69) is 28.7 Å². The van der Waals surface area contributed by atoms with Gasteiger partial charge in [-0.15, -0.1) is 0 Å². The van der Waals surface area contributed by atoms with Gasteiger partial charge in [0, 0.05) is 19.3 Å². The van der Waals surface area contributed by atoms with Crippen molar-refractivity contribution in [2.75, 3.05) is 13.1 Å². The zero-order valence-corrected chi connectivity index (χ0v) is 10.9. The van der Waals surface area contributed by atoms with Crippen molar-refractivity contribution in [2.45, 2.75) is 39.3 Å². The molecule has 0 bridgehead atoms. The molecule has 4 heteroatoms. The van der Waals surface area contributed by atoms with Gasteiger partial charge < -0.3 is 15.6 Å². The first-order valence-corrected chi connectivity index (χ1v) is 6.69. The summed E-state index contributed by atoms with van der Waals surface area (Å²) in [5.41, 5.74) is 7.09. The number of aryl methyl sites for hydroxylation is 1. The van der Waals surface area contributed by atoms with E-state index in [0.717, 1.165) is 31.3 Å². The maximum absolute atomic E-state index is 5.87. The minimum absolute atomic E-state index is 0.247. The van der Waals surface area contributed by atoms with E-state index < -0.39 is 0 Å². The summed E-state index contributed by atoms with van der Waals surface area (Å²) in [6, 6.07) is 0.247. The van der Waals surface area contributed by atoms with Gasteiger partial charge in [0.15, 0.2) is 0 Å². The number of nitrogens with two attached hydrogens (primary N) is 1. The van der Waals surface area contributed by atoms with Gasteiger partial charge in [-0.3, -0.25) is 0 Å². The second-order valence-corrected chi connectivity index (χ2v) is 5.18. The van der Waals surface area contributed by atoms with Gasteiger partial charge >= 0.3 is 0 Å². The van der Waals surface area contributed by atoms with Crippen molar-refractivity contribution in [2.24, 2.45) is 17.6 Å². The van der Waals surface area contributed by atoms with Gasteiger partial charge in [0.25, 0.3) is 0 Å². The van der Waals surface area contributed by atoms with E-state index in [-0.39, 0.29) is 6.04 Å². The minimum Gasteiger partial charge on any atom is -0.333 e. The predicted octanol–water partition coefficient (Wildman–Crippen LogP) is 1.54. The van der Waals surface area contributed by atoms with Crippen LogP contribution in [0.25, 0.3) is 0 Å². The molecule has 96 valence electrons. The molecule has 1 aliphatic carbocycles. The largest absolute Gasteiger partial charge is 0.333 e. The second kappa shape index (κ2) is 5.65. The number of nitrogens with zero attached hydrogens (tertiary/aromatic N) is 2. The third-order valence-corrected chi connectivity index (χ3v) is 3.70. The van der Waals surface area contributed by atoms with E-state index in [9.17, 15) is 0 Å². The summed E-state index contributed by atoms with van der Waals surface area (Å²) in [5, 5.41) is 3.58. The molecule has 0 aliphatic heterocycles. The van der Waals surface area contributed by atoms with Gasteiger partial charge in [0.2, 0.25) is 0 Å². The Morgan fingerprint density at radius 3 is 3.00 bits per heavy atom. The molecule has 4 nitrogen and oxygen atoms in total. The summed E-state index contributed by atoms with van der Waals surface area (Å²) in [6.45, 7) is 7.23. The third-order valence-electron chi connectivity index (χ3n) is 3.70. The summed E-state index contributed by atoms with van der Waals surface area (Å²) in [5.74, 6) is 1.74. The Morgan fingerprint density at radius 1 is 1.65 bits per heavy atom. The van der Waals surface area contributed by atoms with Crippen molar-refractivity contribution in [3.63, 3.8) is 0 Å². The molecule has 0 radical (unpaired) electrons. The van der Waals surface area contributed by atoms with Gasteiger partial charge in [0.1, 0.15) is 0 Å². The Bertz CT molecular complexity index is 347. The van der Waals surface area contributed by atoms with Gasteiger partial charge in [0.05, 0.1) is 18.1 Å². The highest BCUT2D eigenvalue weighted by atomic mass is 15.1. The van der Waals surface area contributed by atoms with Crippen LogP contribution in [0, 0.1) is 11.8 Å². The lowest BCUT2D eigenvalue weighted by molar-refractivity contribution is 0.479. The summed E-state index contributed by atoms with van der Waals surface area (Å²) >= 11 is 0. The number of aromatic nitrogens is 2. The molecule has 1 aromatic rings. The molecule has 3 N–H and O–H groups in total. The topological polar surface area (TPSA) is 55.9 Å². The third kappa shape index (κ3) is 3.07. The molecular formula is C13H24N4. The first-order valence-electron chi connectivity index (χ1n) is 6.69. The van der Waals surface area contributed by atoms with Gasteiger partial charge in [-0.25, -0.2) is 4.98 Å². The van der Waals surface area contributed by atoms with Crippen LogP contribution in [0.15, 0.2) is 12.5 Å². The van der Waals surface area contributed by atoms with Crippen molar-refractivity contribution in [1.29, 1.82) is 0 Å². The van der Waals surface area contributed by atoms with Gasteiger partial charge in [-0.1, -0.05) is 13.8 Å². The highest BCUT2D eigenvalue weighted by Gasteiger charge is 2.32. The summed E-state index contributed by atoms with van der Waals surface area (Å²) in [4.78, 5) is 4.23. The molecule has 1 heterocycles. The number of hydrogen-bond acceptors (Lipinski definition) is 3. The van der Waals surface area contributed by atoms with E-state index in [1.807, 2.05) is 12.5 Å². The van der Waals surface area contributed by atoms with Crippen molar-refractivity contribution in [1.82, 2.24) is 14.9 Å². The number of imidazole rings is 1. The quantitative estimate of drug-likeness (QED) is 0.755. The SMILES string of the molecule is CCCn1cncc1C(CN)NCC1CC1C. The smallest absolute Gasteiger partial charge is 0.0948 e. The first kappa shape index (κ1) is 12.6. The van der Waals surface area contributed by atoms with Gasteiger partial charge in [-0.2, -0.15) is 0 Å². The molecule has 0 amide bonds. The number of hydrogen-bond donors (Lipinski definition) is 2. The highest BCUT2D eigenvalue weighted by Crippen LogP contribution is 2.37. The van der Waals surface area contributed by atoms with E-state index in [0.29, 0.717) is 6.54 Å². The lowest BCUT2D eigenvalue weighted by Crippen LogP contribution is -2.31. The number of nitrogens with one attached hydrogen (secondary N) is 1. The Morgan fingerprint density at radius 2 is 2.41 bits per heavy atom. The van der Waals surface area contributed by atoms with Crippen molar-refractivity contribution in [3.8, 4) is 0 Å². The van der Waals surface area contributed by atoms with Crippen molar-refractivity contribution in [3.05, 3.63) is 18.2 Å². The molecule has 1 aliphatic rings. The van der Waals surface area contributed by atoms with Crippen LogP contribution in [0.3, 0.4) is 0 Å². The summed E-state index contributed by atoms with van der Waals surface area (Å²) in [6.07, 6.45) is 6.33. The molecule has 1 aromatic heterocycles. The molecule has 3 unspecified atom stereocenters. The highest BCUT2D eigenvalue weighted by molar-refractivity contribution is 5.06. The van der Waals surface area contributed by atoms with E-state index in [4.69, 9.17) is 5.73 Å². The maximum atomic E-state index is 5.87. The Kier molecular flexibility index (Phi) is 4.18. The lowest BCUT2D eigenvalue weighted by atomic mass is 10.2. The molecule has 0 aromatic carbocycles. The monoisotopic (exact) mass is 236 g/mol. The van der Waals surface area contributed by atoms with Crippen LogP contribution in [-0.2, 0) is 6.54 Å². The molecule has 1 fully saturated rings. The van der Waals surface area contributed by atoms with Crippen LogP contribution in [0.2, 0.25) is 0 Å². The first-order chi connectivity index (χ1) is 8.26. The molecular weight excluding hydrogens is 212 g/mol. The van der Waals surface area contributed by atoms with Crippen molar-refractivity contribution >= 4 is 0 Å². The molecule has 3 atom stereocenters. The molecule has 2 rings (SSSR count).